The monoisotopic (exact) mass is 444 g/mol. The van der Waals surface area contributed by atoms with Gasteiger partial charge in [-0.3, -0.25) is 4.79 Å². The normalized spacial score (nSPS) is 15.5. The molecule has 0 radical (unpaired) electrons. The summed E-state index contributed by atoms with van der Waals surface area (Å²) >= 11 is 0. The first kappa shape index (κ1) is 22.3. The van der Waals surface area contributed by atoms with Crippen molar-refractivity contribution in [2.45, 2.75) is 38.8 Å². The number of carbonyl (C=O) groups excluding carboxylic acids is 1. The third kappa shape index (κ3) is 5.39. The van der Waals surface area contributed by atoms with Crippen molar-refractivity contribution < 1.29 is 26.4 Å². The first-order chi connectivity index (χ1) is 14.1. The van der Waals surface area contributed by atoms with Crippen LogP contribution in [0.2, 0.25) is 0 Å². The highest BCUT2D eigenvalue weighted by Gasteiger charge is 2.31. The van der Waals surface area contributed by atoms with Crippen LogP contribution in [0, 0.1) is 6.92 Å². The van der Waals surface area contributed by atoms with Crippen LogP contribution in [0.1, 0.15) is 36.9 Å². The van der Waals surface area contributed by atoms with E-state index in [1.165, 1.54) is 21.1 Å². The number of hydrogen-bond donors (Lipinski definition) is 1. The predicted molar refractivity (Wildman–Crippen MR) is 106 cm³/mol. The predicted octanol–water partition coefficient (Wildman–Crippen LogP) is 3.34. The first-order valence-corrected chi connectivity index (χ1v) is 11.2. The maximum Gasteiger partial charge on any atom is 0.416 e. The summed E-state index contributed by atoms with van der Waals surface area (Å²) in [5.74, 6) is -0.328. The Labute approximate surface area is 172 Å². The highest BCUT2D eigenvalue weighted by atomic mass is 32.2. The molecule has 1 N–H and O–H groups in total. The molecule has 1 aromatic carbocycles. The highest BCUT2D eigenvalue weighted by molar-refractivity contribution is 7.89. The topological polar surface area (TPSA) is 84.3 Å². The van der Waals surface area contributed by atoms with E-state index in [2.05, 4.69) is 10.4 Å². The summed E-state index contributed by atoms with van der Waals surface area (Å²) < 4.78 is 66.1. The lowest BCUT2D eigenvalue weighted by Gasteiger charge is -2.15. The molecule has 1 aliphatic heterocycles. The summed E-state index contributed by atoms with van der Waals surface area (Å²) in [6.07, 6.45) is -2.68. The van der Waals surface area contributed by atoms with Crippen LogP contribution in [0.4, 0.5) is 19.0 Å². The van der Waals surface area contributed by atoms with Crippen molar-refractivity contribution in [2.24, 2.45) is 0 Å². The first-order valence-electron chi connectivity index (χ1n) is 9.58. The van der Waals surface area contributed by atoms with E-state index in [1.807, 2.05) is 0 Å². The van der Waals surface area contributed by atoms with Crippen LogP contribution in [0.15, 0.2) is 30.3 Å². The van der Waals surface area contributed by atoms with E-state index in [0.717, 1.165) is 25.0 Å². The summed E-state index contributed by atoms with van der Waals surface area (Å²) in [5.41, 5.74) is -0.151. The number of aromatic nitrogens is 2. The number of nitrogens with zero attached hydrogens (tertiary/aromatic N) is 3. The molecule has 0 aliphatic carbocycles. The molecule has 1 aromatic heterocycles. The number of nitrogens with one attached hydrogen (secondary N) is 1. The maximum absolute atomic E-state index is 13.0. The van der Waals surface area contributed by atoms with E-state index in [-0.39, 0.29) is 30.1 Å². The van der Waals surface area contributed by atoms with E-state index in [1.54, 1.807) is 13.0 Å². The van der Waals surface area contributed by atoms with Gasteiger partial charge in [-0.2, -0.15) is 18.3 Å². The number of anilines is 1. The molecule has 0 unspecified atom stereocenters. The molecule has 0 spiro atoms. The van der Waals surface area contributed by atoms with Crippen molar-refractivity contribution in [1.29, 1.82) is 0 Å². The van der Waals surface area contributed by atoms with Gasteiger partial charge in [0.25, 0.3) is 0 Å². The second-order valence-corrected chi connectivity index (χ2v) is 9.29. The molecule has 1 saturated heterocycles. The zero-order valence-corrected chi connectivity index (χ0v) is 17.3. The molecule has 1 fully saturated rings. The van der Waals surface area contributed by atoms with E-state index >= 15 is 0 Å². The number of aryl methyl sites for hydroxylation is 1. The van der Waals surface area contributed by atoms with Crippen molar-refractivity contribution in [3.8, 4) is 5.69 Å². The molecule has 3 rings (SSSR count). The lowest BCUT2D eigenvalue weighted by atomic mass is 10.2. The van der Waals surface area contributed by atoms with Crippen LogP contribution in [-0.2, 0) is 21.0 Å². The number of halogens is 3. The third-order valence-corrected chi connectivity index (χ3v) is 6.74. The molecule has 30 heavy (non-hydrogen) atoms. The van der Waals surface area contributed by atoms with Gasteiger partial charge in [0.15, 0.2) is 0 Å². The fraction of sp³-hybridized carbons (Fsp3) is 0.474. The van der Waals surface area contributed by atoms with E-state index in [4.69, 9.17) is 0 Å². The van der Waals surface area contributed by atoms with Gasteiger partial charge < -0.3 is 5.32 Å². The maximum atomic E-state index is 13.0. The molecule has 1 aliphatic rings. The Kier molecular flexibility index (Phi) is 6.51. The van der Waals surface area contributed by atoms with Gasteiger partial charge in [-0.1, -0.05) is 6.07 Å². The van der Waals surface area contributed by atoms with E-state index in [9.17, 15) is 26.4 Å². The zero-order valence-electron chi connectivity index (χ0n) is 16.4. The lowest BCUT2D eigenvalue weighted by Crippen LogP contribution is -2.30. The quantitative estimate of drug-likeness (QED) is 0.710. The third-order valence-electron chi connectivity index (χ3n) is 4.78. The van der Waals surface area contributed by atoms with Crippen LogP contribution in [0.5, 0.6) is 0 Å². The van der Waals surface area contributed by atoms with Gasteiger partial charge in [0.1, 0.15) is 5.82 Å². The van der Waals surface area contributed by atoms with Gasteiger partial charge in [0.2, 0.25) is 15.9 Å². The smallest absolute Gasteiger partial charge is 0.311 e. The highest BCUT2D eigenvalue weighted by Crippen LogP contribution is 2.31. The van der Waals surface area contributed by atoms with Gasteiger partial charge in [0, 0.05) is 25.6 Å². The average Bonchev–Trinajstić information content (AvgIpc) is 3.31. The Morgan fingerprint density at radius 1 is 1.20 bits per heavy atom. The molecular formula is C19H23F3N4O3S. The molecule has 7 nitrogen and oxygen atoms in total. The Balaban J connectivity index is 1.66. The Bertz CT molecular complexity index is 1010. The second kappa shape index (κ2) is 8.76. The van der Waals surface area contributed by atoms with Crippen molar-refractivity contribution in [3.63, 3.8) is 0 Å². The van der Waals surface area contributed by atoms with Crippen molar-refractivity contribution >= 4 is 21.7 Å². The van der Waals surface area contributed by atoms with E-state index in [0.29, 0.717) is 18.8 Å². The number of sulfonamides is 1. The Morgan fingerprint density at radius 2 is 1.90 bits per heavy atom. The summed E-state index contributed by atoms with van der Waals surface area (Å²) in [4.78, 5) is 12.3. The van der Waals surface area contributed by atoms with Crippen molar-refractivity contribution in [3.05, 3.63) is 41.6 Å². The van der Waals surface area contributed by atoms with Crippen LogP contribution in [0.3, 0.4) is 0 Å². The summed E-state index contributed by atoms with van der Waals surface area (Å²) in [7, 11) is -3.37. The fourth-order valence-electron chi connectivity index (χ4n) is 3.32. The molecule has 11 heteroatoms. The molecular weight excluding hydrogens is 421 g/mol. The van der Waals surface area contributed by atoms with Crippen LogP contribution < -0.4 is 5.32 Å². The van der Waals surface area contributed by atoms with Crippen LogP contribution in [-0.4, -0.2) is 47.3 Å². The molecule has 2 aromatic rings. The van der Waals surface area contributed by atoms with Gasteiger partial charge in [-0.15, -0.1) is 0 Å². The number of hydrogen-bond acceptors (Lipinski definition) is 4. The zero-order chi connectivity index (χ0) is 21.9. The number of carbonyl (C=O) groups is 1. The van der Waals surface area contributed by atoms with Gasteiger partial charge in [-0.25, -0.2) is 17.4 Å². The fourth-order valence-corrected chi connectivity index (χ4v) is 4.90. The Morgan fingerprint density at radius 3 is 2.57 bits per heavy atom. The standard InChI is InChI=1S/C19H23F3N4O3S/c1-14-12-17(26(24-14)16-7-4-6-15(13-16)19(20,21)22)23-18(27)8-5-11-30(28,29)25-9-2-3-10-25/h4,6-7,12-13H,2-3,5,8-11H2,1H3,(H,23,27). The average molecular weight is 444 g/mol. The van der Waals surface area contributed by atoms with Crippen molar-refractivity contribution in [1.82, 2.24) is 14.1 Å². The van der Waals surface area contributed by atoms with Gasteiger partial charge in [0.05, 0.1) is 22.7 Å². The SMILES string of the molecule is Cc1cc(NC(=O)CCCS(=O)(=O)N2CCCC2)n(-c2cccc(C(F)(F)F)c2)n1. The van der Waals surface area contributed by atoms with E-state index < -0.39 is 27.7 Å². The molecule has 1 amide bonds. The minimum Gasteiger partial charge on any atom is -0.311 e. The van der Waals surface area contributed by atoms with Gasteiger partial charge >= 0.3 is 6.18 Å². The largest absolute Gasteiger partial charge is 0.416 e. The number of benzene rings is 1. The molecule has 0 atom stereocenters. The number of alkyl halides is 3. The number of amides is 1. The minimum absolute atomic E-state index is 0.0279. The van der Waals surface area contributed by atoms with Gasteiger partial charge in [-0.05, 0) is 44.4 Å². The molecule has 0 saturated carbocycles. The van der Waals surface area contributed by atoms with Crippen LogP contribution >= 0.6 is 0 Å². The Hall–Kier alpha value is -2.40. The minimum atomic E-state index is -4.50. The summed E-state index contributed by atoms with van der Waals surface area (Å²) in [5, 5.41) is 6.78. The van der Waals surface area contributed by atoms with Crippen molar-refractivity contribution in [2.75, 3.05) is 24.2 Å². The molecule has 164 valence electrons. The lowest BCUT2D eigenvalue weighted by molar-refractivity contribution is -0.137. The summed E-state index contributed by atoms with van der Waals surface area (Å²) in [6, 6.07) is 6.17. The molecule has 0 bridgehead atoms. The second-order valence-electron chi connectivity index (χ2n) is 7.20. The van der Waals surface area contributed by atoms with Crippen LogP contribution in [0.25, 0.3) is 5.69 Å². The molecule has 2 heterocycles. The number of rotatable bonds is 7. The summed E-state index contributed by atoms with van der Waals surface area (Å²) in [6.45, 7) is 2.69.